The van der Waals surface area contributed by atoms with E-state index < -0.39 is 0 Å². The molecule has 0 bridgehead atoms. The molecule has 2 rings (SSSR count). The predicted molar refractivity (Wildman–Crippen MR) is 82.1 cm³/mol. The van der Waals surface area contributed by atoms with Crippen LogP contribution in [0.3, 0.4) is 0 Å². The Kier molecular flexibility index (Phi) is 4.83. The Morgan fingerprint density at radius 3 is 2.35 bits per heavy atom. The molecule has 20 heavy (non-hydrogen) atoms. The summed E-state index contributed by atoms with van der Waals surface area (Å²) in [6.45, 7) is 9.07. The molecule has 0 N–H and O–H groups in total. The van der Waals surface area contributed by atoms with Gasteiger partial charge in [-0.15, -0.1) is 0 Å². The van der Waals surface area contributed by atoms with E-state index in [1.165, 1.54) is 11.1 Å². The molecule has 0 fully saturated rings. The van der Waals surface area contributed by atoms with Gasteiger partial charge in [0.1, 0.15) is 12.4 Å². The summed E-state index contributed by atoms with van der Waals surface area (Å²) < 4.78 is 8.00. The highest BCUT2D eigenvalue weighted by molar-refractivity contribution is 5.39. The Morgan fingerprint density at radius 2 is 1.75 bits per heavy atom. The third kappa shape index (κ3) is 3.21. The molecule has 0 saturated heterocycles. The first-order chi connectivity index (χ1) is 9.65. The van der Waals surface area contributed by atoms with E-state index in [9.17, 15) is 0 Å². The number of benzene rings is 1. The smallest absolute Gasteiger partial charge is 0.132 e. The van der Waals surface area contributed by atoms with E-state index in [2.05, 4.69) is 61.9 Å². The minimum Gasteiger partial charge on any atom is -0.487 e. The Labute approximate surface area is 121 Å². The van der Waals surface area contributed by atoms with Gasteiger partial charge in [0.05, 0.1) is 11.7 Å². The molecule has 1 aromatic heterocycles. The van der Waals surface area contributed by atoms with Gasteiger partial charge >= 0.3 is 0 Å². The minimum atomic E-state index is 0.490. The molecule has 0 unspecified atom stereocenters. The average molecular weight is 272 g/mol. The van der Waals surface area contributed by atoms with Gasteiger partial charge in [-0.05, 0) is 43.9 Å². The maximum Gasteiger partial charge on any atom is 0.132 e. The topological polar surface area (TPSA) is 27.1 Å². The molecule has 0 spiro atoms. The lowest BCUT2D eigenvalue weighted by Crippen LogP contribution is -2.08. The Balaban J connectivity index is 2.05. The summed E-state index contributed by atoms with van der Waals surface area (Å²) in [6.07, 6.45) is 4.27. The van der Waals surface area contributed by atoms with E-state index in [0.717, 1.165) is 24.3 Å². The molecule has 0 saturated carbocycles. The van der Waals surface area contributed by atoms with E-state index in [-0.39, 0.29) is 0 Å². The summed E-state index contributed by atoms with van der Waals surface area (Å²) in [5, 5.41) is 4.62. The first-order valence-corrected chi connectivity index (χ1v) is 7.38. The molecule has 108 valence electrons. The molecule has 0 atom stereocenters. The number of nitrogens with zero attached hydrogens (tertiary/aromatic N) is 2. The Bertz CT molecular complexity index is 536. The summed E-state index contributed by atoms with van der Waals surface area (Å²) >= 11 is 0. The maximum absolute atomic E-state index is 5.94. The van der Waals surface area contributed by atoms with Crippen LogP contribution in [0.2, 0.25) is 0 Å². The van der Waals surface area contributed by atoms with Gasteiger partial charge in [-0.2, -0.15) is 5.10 Å². The largest absolute Gasteiger partial charge is 0.487 e. The van der Waals surface area contributed by atoms with Crippen LogP contribution in [0.25, 0.3) is 0 Å². The van der Waals surface area contributed by atoms with Crippen molar-refractivity contribution < 1.29 is 4.74 Å². The average Bonchev–Trinajstić information content (AvgIpc) is 2.88. The fourth-order valence-corrected chi connectivity index (χ4v) is 2.49. The molecule has 0 aliphatic rings. The van der Waals surface area contributed by atoms with E-state index >= 15 is 0 Å². The Hall–Kier alpha value is -1.77. The van der Waals surface area contributed by atoms with Crippen molar-refractivity contribution >= 4 is 0 Å². The highest BCUT2D eigenvalue weighted by atomic mass is 16.5. The van der Waals surface area contributed by atoms with Crippen LogP contribution < -0.4 is 4.74 Å². The second kappa shape index (κ2) is 6.60. The molecule has 3 heteroatoms. The zero-order valence-corrected chi connectivity index (χ0v) is 12.9. The van der Waals surface area contributed by atoms with Gasteiger partial charge in [0, 0.05) is 6.20 Å². The Morgan fingerprint density at radius 1 is 1.10 bits per heavy atom. The van der Waals surface area contributed by atoms with E-state index in [0.29, 0.717) is 12.6 Å². The van der Waals surface area contributed by atoms with Crippen LogP contribution in [-0.4, -0.2) is 9.78 Å². The van der Waals surface area contributed by atoms with Crippen LogP contribution in [0, 0.1) is 13.8 Å². The van der Waals surface area contributed by atoms with Crippen molar-refractivity contribution in [2.45, 2.75) is 53.2 Å². The highest BCUT2D eigenvalue weighted by Crippen LogP contribution is 2.23. The van der Waals surface area contributed by atoms with Crippen LogP contribution >= 0.6 is 0 Å². The van der Waals surface area contributed by atoms with Crippen molar-refractivity contribution in [2.75, 3.05) is 0 Å². The van der Waals surface area contributed by atoms with Crippen LogP contribution in [-0.2, 0) is 6.61 Å². The van der Waals surface area contributed by atoms with E-state index in [1.54, 1.807) is 0 Å². The summed E-state index contributed by atoms with van der Waals surface area (Å²) in [7, 11) is 0. The molecule has 1 heterocycles. The van der Waals surface area contributed by atoms with Gasteiger partial charge in [0.25, 0.3) is 0 Å². The van der Waals surface area contributed by atoms with Gasteiger partial charge in [0.15, 0.2) is 0 Å². The molecule has 0 amide bonds. The first kappa shape index (κ1) is 14.6. The van der Waals surface area contributed by atoms with Gasteiger partial charge in [0.2, 0.25) is 0 Å². The third-order valence-electron chi connectivity index (χ3n) is 3.75. The zero-order valence-electron chi connectivity index (χ0n) is 12.9. The second-order valence-electron chi connectivity index (χ2n) is 5.27. The van der Waals surface area contributed by atoms with Crippen molar-refractivity contribution in [1.29, 1.82) is 0 Å². The summed E-state index contributed by atoms with van der Waals surface area (Å²) in [6, 6.07) is 8.74. The van der Waals surface area contributed by atoms with Crippen molar-refractivity contribution in [3.8, 4) is 5.75 Å². The molecular formula is C17H24N2O. The van der Waals surface area contributed by atoms with Gasteiger partial charge in [-0.3, -0.25) is 4.68 Å². The van der Waals surface area contributed by atoms with Crippen molar-refractivity contribution in [1.82, 2.24) is 9.78 Å². The molecule has 0 aliphatic heterocycles. The molecular weight excluding hydrogens is 248 g/mol. The highest BCUT2D eigenvalue weighted by Gasteiger charge is 2.09. The number of hydrogen-bond donors (Lipinski definition) is 0. The van der Waals surface area contributed by atoms with Gasteiger partial charge in [-0.25, -0.2) is 0 Å². The lowest BCUT2D eigenvalue weighted by molar-refractivity contribution is 0.293. The number of aromatic nitrogens is 2. The number of hydrogen-bond acceptors (Lipinski definition) is 2. The maximum atomic E-state index is 5.94. The molecule has 0 radical (unpaired) electrons. The number of para-hydroxylation sites is 1. The number of rotatable bonds is 6. The summed E-state index contributed by atoms with van der Waals surface area (Å²) in [5.74, 6) is 0.976. The van der Waals surface area contributed by atoms with E-state index in [1.807, 2.05) is 6.07 Å². The standard InChI is InChI=1S/C17H24N2O/c1-5-16(6-2)19-11-10-15(18-19)12-20-17-13(3)8-7-9-14(17)4/h7-11,16H,5-6,12H2,1-4H3. The summed E-state index contributed by atoms with van der Waals surface area (Å²) in [4.78, 5) is 0. The normalized spacial score (nSPS) is 11.1. The van der Waals surface area contributed by atoms with Crippen molar-refractivity contribution in [2.24, 2.45) is 0 Å². The second-order valence-corrected chi connectivity index (χ2v) is 5.27. The van der Waals surface area contributed by atoms with Crippen molar-refractivity contribution in [3.63, 3.8) is 0 Å². The van der Waals surface area contributed by atoms with Gasteiger partial charge < -0.3 is 4.74 Å². The van der Waals surface area contributed by atoms with Crippen LogP contribution in [0.4, 0.5) is 0 Å². The fraction of sp³-hybridized carbons (Fsp3) is 0.471. The van der Waals surface area contributed by atoms with Crippen LogP contribution in [0.1, 0.15) is 49.6 Å². The van der Waals surface area contributed by atoms with E-state index in [4.69, 9.17) is 4.74 Å². The summed E-state index contributed by atoms with van der Waals surface area (Å²) in [5.41, 5.74) is 3.33. The SMILES string of the molecule is CCC(CC)n1ccc(COc2c(C)cccc2C)n1. The zero-order chi connectivity index (χ0) is 14.5. The van der Waals surface area contributed by atoms with Gasteiger partial charge in [-0.1, -0.05) is 32.0 Å². The number of aryl methyl sites for hydroxylation is 2. The van der Waals surface area contributed by atoms with Crippen LogP contribution in [0.15, 0.2) is 30.5 Å². The predicted octanol–water partition coefficient (Wildman–Crippen LogP) is 4.44. The lowest BCUT2D eigenvalue weighted by atomic mass is 10.1. The molecule has 1 aromatic carbocycles. The number of ether oxygens (including phenoxy) is 1. The van der Waals surface area contributed by atoms with Crippen LogP contribution in [0.5, 0.6) is 5.75 Å². The van der Waals surface area contributed by atoms with Crippen molar-refractivity contribution in [3.05, 3.63) is 47.3 Å². The minimum absolute atomic E-state index is 0.490. The fourth-order valence-electron chi connectivity index (χ4n) is 2.49. The quantitative estimate of drug-likeness (QED) is 0.777. The molecule has 0 aliphatic carbocycles. The third-order valence-corrected chi connectivity index (χ3v) is 3.75. The molecule has 3 nitrogen and oxygen atoms in total. The monoisotopic (exact) mass is 272 g/mol. The lowest BCUT2D eigenvalue weighted by Gasteiger charge is -2.13. The molecule has 2 aromatic rings. The first-order valence-electron chi connectivity index (χ1n) is 7.38.